The predicted molar refractivity (Wildman–Crippen MR) is 75.9 cm³/mol. The van der Waals surface area contributed by atoms with Crippen molar-refractivity contribution in [3.8, 4) is 0 Å². The maximum atomic E-state index is 13.6. The highest BCUT2D eigenvalue weighted by Gasteiger charge is 2.27. The van der Waals surface area contributed by atoms with Gasteiger partial charge < -0.3 is 9.53 Å². The van der Waals surface area contributed by atoms with Crippen LogP contribution in [0.2, 0.25) is 0 Å². The Kier molecular flexibility index (Phi) is 5.19. The lowest BCUT2D eigenvalue weighted by molar-refractivity contribution is -0.387. The third kappa shape index (κ3) is 4.24. The van der Waals surface area contributed by atoms with Crippen LogP contribution in [0.1, 0.15) is 32.4 Å². The second-order valence-electron chi connectivity index (χ2n) is 5.64. The average Bonchev–Trinajstić information content (AvgIpc) is 2.37. The van der Waals surface area contributed by atoms with Gasteiger partial charge in [-0.25, -0.2) is 4.79 Å². The first-order chi connectivity index (χ1) is 10.1. The highest BCUT2D eigenvalue weighted by molar-refractivity contribution is 5.74. The number of nitro groups is 1. The molecule has 120 valence electrons. The zero-order chi connectivity index (χ0) is 17.1. The first-order valence-electron chi connectivity index (χ1n) is 6.41. The number of benzene rings is 1. The van der Waals surface area contributed by atoms with Crippen molar-refractivity contribution in [1.29, 1.82) is 0 Å². The minimum Gasteiger partial charge on any atom is -0.444 e. The molecular formula is C14H17FN2O5. The Balaban J connectivity index is 3.06. The van der Waals surface area contributed by atoms with E-state index in [9.17, 15) is 24.1 Å². The fraction of sp³-hybridized carbons (Fsp3) is 0.429. The van der Waals surface area contributed by atoms with Crippen LogP contribution in [0.3, 0.4) is 0 Å². The number of likely N-dealkylation sites (N-methyl/N-ethyl adjacent to an activating group) is 1. The summed E-state index contributed by atoms with van der Waals surface area (Å²) in [7, 11) is 1.33. The number of nitrogens with zero attached hydrogens (tertiary/aromatic N) is 2. The first kappa shape index (κ1) is 17.5. The molecule has 0 aromatic heterocycles. The Hall–Kier alpha value is -2.51. The number of hydrogen-bond acceptors (Lipinski definition) is 5. The molecule has 1 aromatic rings. The third-order valence-corrected chi connectivity index (χ3v) is 2.74. The number of amides is 1. The summed E-state index contributed by atoms with van der Waals surface area (Å²) in [5.74, 6) is -1.08. The maximum absolute atomic E-state index is 13.6. The zero-order valence-corrected chi connectivity index (χ0v) is 12.7. The zero-order valence-electron chi connectivity index (χ0n) is 12.7. The summed E-state index contributed by atoms with van der Waals surface area (Å²) >= 11 is 0. The van der Waals surface area contributed by atoms with Crippen molar-refractivity contribution in [2.45, 2.75) is 32.4 Å². The highest BCUT2D eigenvalue weighted by atomic mass is 19.1. The first-order valence-corrected chi connectivity index (χ1v) is 6.41. The van der Waals surface area contributed by atoms with E-state index in [1.54, 1.807) is 20.8 Å². The monoisotopic (exact) mass is 312 g/mol. The molecule has 0 N–H and O–H groups in total. The normalized spacial score (nSPS) is 12.4. The van der Waals surface area contributed by atoms with Gasteiger partial charge >= 0.3 is 11.8 Å². The second kappa shape index (κ2) is 6.50. The minimum atomic E-state index is -1.11. The molecule has 0 aliphatic heterocycles. The van der Waals surface area contributed by atoms with Crippen LogP contribution in [-0.2, 0) is 9.53 Å². The van der Waals surface area contributed by atoms with E-state index in [0.29, 0.717) is 6.29 Å². The molecule has 0 aliphatic rings. The summed E-state index contributed by atoms with van der Waals surface area (Å²) in [5.41, 5.74) is -1.33. The number of halogens is 1. The van der Waals surface area contributed by atoms with Crippen LogP contribution in [0.15, 0.2) is 18.2 Å². The summed E-state index contributed by atoms with van der Waals surface area (Å²) in [6.07, 6.45) is -0.326. The van der Waals surface area contributed by atoms with Gasteiger partial charge in [0.2, 0.25) is 5.82 Å². The predicted octanol–water partition coefficient (Wildman–Crippen LogP) is 2.84. The number of rotatable bonds is 4. The fourth-order valence-corrected chi connectivity index (χ4v) is 1.70. The van der Waals surface area contributed by atoms with Gasteiger partial charge in [0.15, 0.2) is 0 Å². The van der Waals surface area contributed by atoms with E-state index in [2.05, 4.69) is 0 Å². The second-order valence-corrected chi connectivity index (χ2v) is 5.64. The minimum absolute atomic E-state index is 0.117. The average molecular weight is 312 g/mol. The summed E-state index contributed by atoms with van der Waals surface area (Å²) in [5, 5.41) is 10.6. The third-order valence-electron chi connectivity index (χ3n) is 2.74. The van der Waals surface area contributed by atoms with E-state index in [4.69, 9.17) is 4.74 Å². The molecule has 0 saturated heterocycles. The van der Waals surface area contributed by atoms with Gasteiger partial charge in [0.25, 0.3) is 0 Å². The summed E-state index contributed by atoms with van der Waals surface area (Å²) in [6.45, 7) is 5.00. The molecule has 1 atom stereocenters. The van der Waals surface area contributed by atoms with Crippen molar-refractivity contribution in [3.63, 3.8) is 0 Å². The molecule has 1 unspecified atom stereocenters. The molecule has 0 radical (unpaired) electrons. The SMILES string of the molecule is CN(C(=O)OC(C)(C)C)C(C=O)c1ccc([N+](=O)[O-])c(F)c1. The van der Waals surface area contributed by atoms with Crippen molar-refractivity contribution >= 4 is 18.1 Å². The van der Waals surface area contributed by atoms with Crippen molar-refractivity contribution in [2.24, 2.45) is 0 Å². The molecule has 7 nitrogen and oxygen atoms in total. The smallest absolute Gasteiger partial charge is 0.410 e. The van der Waals surface area contributed by atoms with Crippen molar-refractivity contribution in [1.82, 2.24) is 4.90 Å². The number of carbonyl (C=O) groups is 2. The summed E-state index contributed by atoms with van der Waals surface area (Å²) in [4.78, 5) is 33.9. The van der Waals surface area contributed by atoms with Crippen LogP contribution in [0.5, 0.6) is 0 Å². The van der Waals surface area contributed by atoms with Gasteiger partial charge in [0.1, 0.15) is 17.9 Å². The van der Waals surface area contributed by atoms with Crippen LogP contribution in [0.25, 0.3) is 0 Å². The van der Waals surface area contributed by atoms with Gasteiger partial charge in [-0.05, 0) is 38.5 Å². The Morgan fingerprint density at radius 2 is 2.05 bits per heavy atom. The molecule has 0 spiro atoms. The Morgan fingerprint density at radius 3 is 2.45 bits per heavy atom. The molecule has 0 saturated carbocycles. The van der Waals surface area contributed by atoms with Crippen molar-refractivity contribution in [2.75, 3.05) is 7.05 Å². The Labute approximate surface area is 126 Å². The molecule has 8 heteroatoms. The topological polar surface area (TPSA) is 89.8 Å². The van der Waals surface area contributed by atoms with Gasteiger partial charge in [0.05, 0.1) is 4.92 Å². The molecule has 0 bridgehead atoms. The van der Waals surface area contributed by atoms with Crippen LogP contribution in [0, 0.1) is 15.9 Å². The van der Waals surface area contributed by atoms with Gasteiger partial charge in [-0.15, -0.1) is 0 Å². The molecule has 1 aromatic carbocycles. The molecular weight excluding hydrogens is 295 g/mol. The lowest BCUT2D eigenvalue weighted by Gasteiger charge is -2.28. The van der Waals surface area contributed by atoms with E-state index >= 15 is 0 Å². The van der Waals surface area contributed by atoms with Gasteiger partial charge in [-0.1, -0.05) is 0 Å². The lowest BCUT2D eigenvalue weighted by atomic mass is 10.1. The molecule has 0 heterocycles. The molecule has 0 fully saturated rings. The largest absolute Gasteiger partial charge is 0.444 e. The summed E-state index contributed by atoms with van der Waals surface area (Å²) < 4.78 is 18.8. The number of aldehydes is 1. The van der Waals surface area contributed by atoms with Crippen molar-refractivity contribution < 1.29 is 23.6 Å². The van der Waals surface area contributed by atoms with Crippen LogP contribution in [0.4, 0.5) is 14.9 Å². The standard InChI is InChI=1S/C14H17FN2O5/c1-14(2,3)22-13(19)16(4)12(8-18)9-5-6-11(17(20)21)10(15)7-9/h5-8,12H,1-4H3. The van der Waals surface area contributed by atoms with E-state index in [1.165, 1.54) is 13.1 Å². The molecule has 1 rings (SSSR count). The number of hydrogen-bond donors (Lipinski definition) is 0. The quantitative estimate of drug-likeness (QED) is 0.484. The highest BCUT2D eigenvalue weighted by Crippen LogP contribution is 2.25. The van der Waals surface area contributed by atoms with E-state index in [-0.39, 0.29) is 5.56 Å². The van der Waals surface area contributed by atoms with Crippen LogP contribution in [-0.4, -0.2) is 34.9 Å². The van der Waals surface area contributed by atoms with Gasteiger partial charge in [-0.3, -0.25) is 15.0 Å². The van der Waals surface area contributed by atoms with Crippen molar-refractivity contribution in [3.05, 3.63) is 39.7 Å². The van der Waals surface area contributed by atoms with E-state index < -0.39 is 34.2 Å². The van der Waals surface area contributed by atoms with E-state index in [1.807, 2.05) is 0 Å². The molecule has 1 amide bonds. The maximum Gasteiger partial charge on any atom is 0.410 e. The Bertz CT molecular complexity index is 597. The van der Waals surface area contributed by atoms with Gasteiger partial charge in [0, 0.05) is 13.1 Å². The van der Waals surface area contributed by atoms with Crippen LogP contribution >= 0.6 is 0 Å². The Morgan fingerprint density at radius 1 is 1.45 bits per heavy atom. The number of carbonyl (C=O) groups excluding carboxylic acids is 2. The van der Waals surface area contributed by atoms with Gasteiger partial charge in [-0.2, -0.15) is 4.39 Å². The fourth-order valence-electron chi connectivity index (χ4n) is 1.70. The molecule has 0 aliphatic carbocycles. The number of ether oxygens (including phenoxy) is 1. The molecule has 22 heavy (non-hydrogen) atoms. The van der Waals surface area contributed by atoms with Crippen LogP contribution < -0.4 is 0 Å². The van der Waals surface area contributed by atoms with E-state index in [0.717, 1.165) is 17.0 Å². The number of nitro benzene ring substituents is 1. The summed E-state index contributed by atoms with van der Waals surface area (Å²) in [6, 6.07) is 1.92. The lowest BCUT2D eigenvalue weighted by Crippen LogP contribution is -2.37.